The van der Waals surface area contributed by atoms with Gasteiger partial charge in [0, 0.05) is 26.2 Å². The van der Waals surface area contributed by atoms with E-state index in [0.29, 0.717) is 12.1 Å². The van der Waals surface area contributed by atoms with Gasteiger partial charge in [0.1, 0.15) is 0 Å². The van der Waals surface area contributed by atoms with Gasteiger partial charge in [0.2, 0.25) is 0 Å². The molecular weight excluding hydrogens is 374 g/mol. The molecule has 0 fully saturated rings. The van der Waals surface area contributed by atoms with E-state index in [1.54, 1.807) is 19.0 Å². The van der Waals surface area contributed by atoms with Gasteiger partial charge in [0.05, 0.1) is 22.2 Å². The number of nitro groups is 1. The largest absolute Gasteiger partial charge is 0.452 e. The predicted molar refractivity (Wildman–Crippen MR) is 110 cm³/mol. The van der Waals surface area contributed by atoms with E-state index in [-0.39, 0.29) is 17.3 Å². The molecule has 2 aromatic carbocycles. The molecule has 0 saturated heterocycles. The molecule has 8 nitrogen and oxygen atoms in total. The first-order valence-electron chi connectivity index (χ1n) is 9.21. The van der Waals surface area contributed by atoms with Gasteiger partial charge in [-0.3, -0.25) is 14.9 Å². The zero-order valence-electron chi connectivity index (χ0n) is 17.0. The molecule has 0 aliphatic carbocycles. The number of non-ortho nitro benzene ring substituents is 1. The Balaban J connectivity index is 2.06. The van der Waals surface area contributed by atoms with Crippen molar-refractivity contribution in [1.82, 2.24) is 5.32 Å². The molecule has 2 rings (SSSR count). The van der Waals surface area contributed by atoms with Crippen molar-refractivity contribution in [2.45, 2.75) is 26.3 Å². The summed E-state index contributed by atoms with van der Waals surface area (Å²) in [6.07, 6.45) is 0.679. The first-order valence-corrected chi connectivity index (χ1v) is 9.21. The average molecular weight is 399 g/mol. The van der Waals surface area contributed by atoms with Crippen LogP contribution in [0.5, 0.6) is 0 Å². The number of carbonyl (C=O) groups is 2. The van der Waals surface area contributed by atoms with Crippen LogP contribution in [0.2, 0.25) is 0 Å². The minimum Gasteiger partial charge on any atom is -0.452 e. The Labute approximate surface area is 169 Å². The van der Waals surface area contributed by atoms with Crippen molar-refractivity contribution in [3.8, 4) is 0 Å². The van der Waals surface area contributed by atoms with Crippen LogP contribution in [-0.2, 0) is 9.53 Å². The Morgan fingerprint density at radius 3 is 2.38 bits per heavy atom. The third-order valence-corrected chi connectivity index (χ3v) is 4.45. The molecule has 154 valence electrons. The Morgan fingerprint density at radius 2 is 1.83 bits per heavy atom. The quantitative estimate of drug-likeness (QED) is 0.415. The highest BCUT2D eigenvalue weighted by molar-refractivity contribution is 5.97. The molecule has 1 amide bonds. The molecule has 0 aromatic heterocycles. The van der Waals surface area contributed by atoms with Gasteiger partial charge >= 0.3 is 5.97 Å². The predicted octanol–water partition coefficient (Wildman–Crippen LogP) is 3.39. The Bertz CT molecular complexity index is 894. The van der Waals surface area contributed by atoms with Crippen molar-refractivity contribution < 1.29 is 19.2 Å². The molecule has 29 heavy (non-hydrogen) atoms. The Hall–Kier alpha value is -3.42. The number of nitrogens with one attached hydrogen (secondary N) is 1. The third kappa shape index (κ3) is 5.78. The van der Waals surface area contributed by atoms with Crippen LogP contribution in [0, 0.1) is 17.0 Å². The molecular formula is C21H25N3O5. The molecule has 0 aliphatic rings. The third-order valence-electron chi connectivity index (χ3n) is 4.45. The van der Waals surface area contributed by atoms with Crippen LogP contribution in [0.3, 0.4) is 0 Å². The summed E-state index contributed by atoms with van der Waals surface area (Å²) in [4.78, 5) is 36.8. The average Bonchev–Trinajstić information content (AvgIpc) is 2.70. The summed E-state index contributed by atoms with van der Waals surface area (Å²) in [6.45, 7) is 3.46. The second-order valence-corrected chi connectivity index (χ2v) is 6.87. The highest BCUT2D eigenvalue weighted by Gasteiger charge is 2.21. The number of nitro benzene ring substituents is 1. The summed E-state index contributed by atoms with van der Waals surface area (Å²) in [5.74, 6) is -1.24. The van der Waals surface area contributed by atoms with E-state index < -0.39 is 23.4 Å². The van der Waals surface area contributed by atoms with E-state index in [1.165, 1.54) is 12.1 Å². The van der Waals surface area contributed by atoms with Crippen molar-refractivity contribution >= 4 is 23.3 Å². The summed E-state index contributed by atoms with van der Waals surface area (Å²) in [7, 11) is 3.41. The first kappa shape index (κ1) is 21.9. The number of hydrogen-bond acceptors (Lipinski definition) is 6. The molecule has 2 aromatic rings. The Kier molecular flexibility index (Phi) is 7.30. The van der Waals surface area contributed by atoms with Crippen LogP contribution in [0.25, 0.3) is 0 Å². The SMILES string of the molecule is CC[C@H](NC(=O)COC(=O)c1cc([N+](=O)[O-])ccc1N(C)C)c1ccc(C)cc1. The minimum atomic E-state index is -0.795. The van der Waals surface area contributed by atoms with Crippen LogP contribution in [0.1, 0.15) is 40.9 Å². The van der Waals surface area contributed by atoms with Gasteiger partial charge in [-0.1, -0.05) is 36.8 Å². The van der Waals surface area contributed by atoms with Crippen molar-refractivity contribution in [3.63, 3.8) is 0 Å². The van der Waals surface area contributed by atoms with E-state index in [4.69, 9.17) is 4.74 Å². The van der Waals surface area contributed by atoms with Crippen molar-refractivity contribution in [1.29, 1.82) is 0 Å². The van der Waals surface area contributed by atoms with Crippen LogP contribution in [-0.4, -0.2) is 37.5 Å². The minimum absolute atomic E-state index is 0.0302. The van der Waals surface area contributed by atoms with Gasteiger partial charge in [0.15, 0.2) is 6.61 Å². The number of aryl methyl sites for hydroxylation is 1. The fourth-order valence-electron chi connectivity index (χ4n) is 2.86. The van der Waals surface area contributed by atoms with E-state index in [0.717, 1.165) is 17.2 Å². The van der Waals surface area contributed by atoms with E-state index in [2.05, 4.69) is 5.32 Å². The van der Waals surface area contributed by atoms with Gasteiger partial charge < -0.3 is 15.0 Å². The topological polar surface area (TPSA) is 102 Å². The standard InChI is InChI=1S/C21H25N3O5/c1-5-18(15-8-6-14(2)7-9-15)22-20(25)13-29-21(26)17-12-16(24(27)28)10-11-19(17)23(3)4/h6-12,18H,5,13H2,1-4H3,(H,22,25)/t18-/m0/s1. The number of esters is 1. The van der Waals surface area contributed by atoms with Gasteiger partial charge in [-0.25, -0.2) is 4.79 Å². The molecule has 0 bridgehead atoms. The lowest BCUT2D eigenvalue weighted by Gasteiger charge is -2.18. The molecule has 0 radical (unpaired) electrons. The second kappa shape index (κ2) is 9.68. The fraction of sp³-hybridized carbons (Fsp3) is 0.333. The van der Waals surface area contributed by atoms with Gasteiger partial charge in [-0.2, -0.15) is 0 Å². The zero-order chi connectivity index (χ0) is 21.6. The summed E-state index contributed by atoms with van der Waals surface area (Å²) >= 11 is 0. The van der Waals surface area contributed by atoms with Crippen LogP contribution in [0.4, 0.5) is 11.4 Å². The summed E-state index contributed by atoms with van der Waals surface area (Å²) < 4.78 is 5.12. The lowest BCUT2D eigenvalue weighted by molar-refractivity contribution is -0.384. The van der Waals surface area contributed by atoms with E-state index in [9.17, 15) is 19.7 Å². The van der Waals surface area contributed by atoms with Crippen molar-refractivity contribution in [2.24, 2.45) is 0 Å². The summed E-state index contributed by atoms with van der Waals surface area (Å²) in [6, 6.07) is 11.6. The molecule has 1 atom stereocenters. The number of carbonyl (C=O) groups excluding carboxylic acids is 2. The molecule has 0 saturated carbocycles. The Morgan fingerprint density at radius 1 is 1.17 bits per heavy atom. The highest BCUT2D eigenvalue weighted by atomic mass is 16.6. The number of rotatable bonds is 8. The maximum absolute atomic E-state index is 12.5. The molecule has 1 N–H and O–H groups in total. The number of amides is 1. The number of benzene rings is 2. The van der Waals surface area contributed by atoms with Gasteiger partial charge in [0.25, 0.3) is 11.6 Å². The van der Waals surface area contributed by atoms with Crippen molar-refractivity contribution in [2.75, 3.05) is 25.6 Å². The monoisotopic (exact) mass is 399 g/mol. The number of ether oxygens (including phenoxy) is 1. The number of hydrogen-bond donors (Lipinski definition) is 1. The van der Waals surface area contributed by atoms with E-state index in [1.807, 2.05) is 38.1 Å². The first-order chi connectivity index (χ1) is 13.7. The normalized spacial score (nSPS) is 11.4. The molecule has 0 aliphatic heterocycles. The van der Waals surface area contributed by atoms with E-state index >= 15 is 0 Å². The van der Waals surface area contributed by atoms with Crippen LogP contribution < -0.4 is 10.2 Å². The summed E-state index contributed by atoms with van der Waals surface area (Å²) in [5, 5.41) is 13.9. The number of anilines is 1. The van der Waals surface area contributed by atoms with Gasteiger partial charge in [-0.05, 0) is 25.0 Å². The second-order valence-electron chi connectivity index (χ2n) is 6.87. The summed E-state index contributed by atoms with van der Waals surface area (Å²) in [5.41, 5.74) is 2.36. The zero-order valence-corrected chi connectivity index (χ0v) is 17.0. The molecule has 8 heteroatoms. The lowest BCUT2D eigenvalue weighted by Crippen LogP contribution is -2.32. The smallest absolute Gasteiger partial charge is 0.341 e. The highest BCUT2D eigenvalue weighted by Crippen LogP contribution is 2.25. The lowest BCUT2D eigenvalue weighted by atomic mass is 10.0. The van der Waals surface area contributed by atoms with Crippen LogP contribution in [0.15, 0.2) is 42.5 Å². The molecule has 0 heterocycles. The number of nitrogens with zero attached hydrogens (tertiary/aromatic N) is 2. The van der Waals surface area contributed by atoms with Crippen LogP contribution >= 0.6 is 0 Å². The molecule has 0 spiro atoms. The maximum atomic E-state index is 12.5. The van der Waals surface area contributed by atoms with Gasteiger partial charge in [-0.15, -0.1) is 0 Å². The molecule has 0 unspecified atom stereocenters. The maximum Gasteiger partial charge on any atom is 0.341 e. The fourth-order valence-corrected chi connectivity index (χ4v) is 2.86. The van der Waals surface area contributed by atoms with Crippen molar-refractivity contribution in [3.05, 3.63) is 69.3 Å².